The van der Waals surface area contributed by atoms with Gasteiger partial charge in [-0.2, -0.15) is 5.10 Å². The van der Waals surface area contributed by atoms with Crippen molar-refractivity contribution in [2.75, 3.05) is 31.2 Å². The molecule has 6 rings (SSSR count). The molecule has 0 spiro atoms. The second kappa shape index (κ2) is 9.20. The normalized spacial score (nSPS) is 14.2. The smallest absolute Gasteiger partial charge is 0.178 e. The van der Waals surface area contributed by atoms with Crippen LogP contribution in [0, 0.1) is 0 Å². The predicted molar refractivity (Wildman–Crippen MR) is 134 cm³/mol. The molecule has 1 aliphatic heterocycles. The molecule has 1 aromatic carbocycles. The van der Waals surface area contributed by atoms with Crippen molar-refractivity contribution in [2.45, 2.75) is 0 Å². The van der Waals surface area contributed by atoms with Gasteiger partial charge in [0.05, 0.1) is 48.0 Å². The van der Waals surface area contributed by atoms with Crippen molar-refractivity contribution in [3.05, 3.63) is 84.1 Å². The van der Waals surface area contributed by atoms with Crippen LogP contribution in [-0.4, -0.2) is 56.8 Å². The third-order valence-corrected chi connectivity index (χ3v) is 6.16. The number of anilines is 1. The van der Waals surface area contributed by atoms with Gasteiger partial charge in [0.15, 0.2) is 5.65 Å². The molecule has 4 aromatic heterocycles. The van der Waals surface area contributed by atoms with E-state index in [0.717, 1.165) is 35.4 Å². The maximum absolute atomic E-state index is 11.5. The van der Waals surface area contributed by atoms with Gasteiger partial charge >= 0.3 is 0 Å². The van der Waals surface area contributed by atoms with Crippen LogP contribution in [0.4, 0.5) is 5.69 Å². The number of nitrogens with zero attached hydrogens (tertiary/aromatic N) is 6. The Balaban J connectivity index is 1.51. The number of pyridine rings is 2. The summed E-state index contributed by atoms with van der Waals surface area (Å²) in [6, 6.07) is 15.4. The van der Waals surface area contributed by atoms with Crippen molar-refractivity contribution in [1.82, 2.24) is 24.6 Å². The van der Waals surface area contributed by atoms with Crippen molar-refractivity contribution in [3.8, 4) is 11.3 Å². The molecule has 0 N–H and O–H groups in total. The number of morpholine rings is 1. The molecule has 5 heterocycles. The molecule has 9 nitrogen and oxygen atoms in total. The van der Waals surface area contributed by atoms with Crippen LogP contribution in [0.2, 0.25) is 0 Å². The summed E-state index contributed by atoms with van der Waals surface area (Å²) in [5.74, 6) is -1.29. The summed E-state index contributed by atoms with van der Waals surface area (Å²) in [5, 5.41) is 17.1. The van der Waals surface area contributed by atoms with E-state index < -0.39 is 5.97 Å². The van der Waals surface area contributed by atoms with Crippen molar-refractivity contribution in [3.63, 3.8) is 0 Å². The van der Waals surface area contributed by atoms with E-state index in [1.807, 2.05) is 54.6 Å². The zero-order valence-corrected chi connectivity index (χ0v) is 19.2. The Bertz CT molecular complexity index is 1620. The number of carbonyl (C=O) groups excluding carboxylic acids is 1. The highest BCUT2D eigenvalue weighted by molar-refractivity contribution is 5.89. The molecule has 9 heteroatoms. The lowest BCUT2D eigenvalue weighted by molar-refractivity contribution is -0.255. The number of para-hydroxylation sites is 1. The molecule has 0 atom stereocenters. The van der Waals surface area contributed by atoms with E-state index in [2.05, 4.69) is 15.0 Å². The van der Waals surface area contributed by atoms with E-state index in [0.29, 0.717) is 35.8 Å². The third kappa shape index (κ3) is 4.05. The minimum atomic E-state index is -1.29. The summed E-state index contributed by atoms with van der Waals surface area (Å²) in [6.07, 6.45) is 8.35. The van der Waals surface area contributed by atoms with E-state index >= 15 is 0 Å². The molecule has 0 saturated carbocycles. The predicted octanol–water partition coefficient (Wildman–Crippen LogP) is 2.71. The van der Waals surface area contributed by atoms with Crippen LogP contribution in [0.25, 0.3) is 40.0 Å². The largest absolute Gasteiger partial charge is 0.545 e. The van der Waals surface area contributed by atoms with Crippen LogP contribution in [-0.2, 0) is 4.74 Å². The minimum Gasteiger partial charge on any atom is -0.545 e. The number of aromatic nitrogens is 5. The number of aromatic carboxylic acids is 1. The second-order valence-electron chi connectivity index (χ2n) is 8.41. The number of ether oxygens (including phenoxy) is 1. The van der Waals surface area contributed by atoms with Crippen LogP contribution in [0.5, 0.6) is 0 Å². The van der Waals surface area contributed by atoms with Gasteiger partial charge in [0.1, 0.15) is 5.69 Å². The van der Waals surface area contributed by atoms with Gasteiger partial charge in [-0.15, -0.1) is 0 Å². The molecule has 5 aromatic rings. The maximum Gasteiger partial charge on any atom is 0.178 e. The number of carbonyl (C=O) groups is 1. The number of rotatable bonds is 5. The third-order valence-electron chi connectivity index (χ3n) is 6.16. The quantitative estimate of drug-likeness (QED) is 0.380. The first kappa shape index (κ1) is 21.9. The van der Waals surface area contributed by atoms with Crippen molar-refractivity contribution in [1.29, 1.82) is 0 Å². The Kier molecular flexibility index (Phi) is 5.59. The van der Waals surface area contributed by atoms with Crippen molar-refractivity contribution >= 4 is 40.4 Å². The molecule has 1 saturated heterocycles. The Morgan fingerprint density at radius 2 is 1.86 bits per heavy atom. The van der Waals surface area contributed by atoms with Crippen LogP contribution < -0.4 is 10.0 Å². The molecule has 1 fully saturated rings. The molecular weight excluding hydrogens is 456 g/mol. The first-order valence-corrected chi connectivity index (χ1v) is 11.6. The Morgan fingerprint density at radius 3 is 2.72 bits per heavy atom. The number of carboxylic acids is 1. The lowest BCUT2D eigenvalue weighted by atomic mass is 10.1. The molecule has 0 bridgehead atoms. The SMILES string of the molecule is O=C([O-])c1cncc(-c2c(/C=C/c3ccc4ccccc4n3)nc3c(N4CCOCC4)ccnn23)c1. The van der Waals surface area contributed by atoms with Crippen LogP contribution in [0.1, 0.15) is 21.7 Å². The summed E-state index contributed by atoms with van der Waals surface area (Å²) in [5.41, 5.74) is 5.08. The van der Waals surface area contributed by atoms with Gasteiger partial charge in [0.2, 0.25) is 0 Å². The summed E-state index contributed by atoms with van der Waals surface area (Å²) in [6.45, 7) is 2.77. The zero-order chi connectivity index (χ0) is 24.5. The van der Waals surface area contributed by atoms with Gasteiger partial charge < -0.3 is 19.5 Å². The average Bonchev–Trinajstić information content (AvgIpc) is 3.31. The van der Waals surface area contributed by atoms with Gasteiger partial charge in [-0.25, -0.2) is 14.5 Å². The first-order valence-electron chi connectivity index (χ1n) is 11.6. The van der Waals surface area contributed by atoms with E-state index in [1.165, 1.54) is 12.3 Å². The lowest BCUT2D eigenvalue weighted by Gasteiger charge is -2.28. The minimum absolute atomic E-state index is 0.0158. The standard InChI is InChI=1S/C27H22N6O3/c34-27(35)20-15-19(16-28-17-20)25-23(8-7-21-6-5-18-3-1-2-4-22(18)30-21)31-26-24(9-10-29-33(25)26)32-11-13-36-14-12-32/h1-10,15-17H,11-14H2,(H,34,35)/p-1/b8-7+. The lowest BCUT2D eigenvalue weighted by Crippen LogP contribution is -2.36. The van der Waals surface area contributed by atoms with Crippen molar-refractivity contribution in [2.24, 2.45) is 0 Å². The van der Waals surface area contributed by atoms with E-state index in [4.69, 9.17) is 14.7 Å². The summed E-state index contributed by atoms with van der Waals surface area (Å²) in [4.78, 5) is 27.5. The molecule has 0 aliphatic carbocycles. The first-order chi connectivity index (χ1) is 17.7. The molecule has 0 amide bonds. The van der Waals surface area contributed by atoms with E-state index in [9.17, 15) is 9.90 Å². The molecule has 0 radical (unpaired) electrons. The Hall–Kier alpha value is -4.63. The summed E-state index contributed by atoms with van der Waals surface area (Å²) < 4.78 is 7.24. The van der Waals surface area contributed by atoms with Crippen LogP contribution in [0.15, 0.2) is 67.1 Å². The zero-order valence-electron chi connectivity index (χ0n) is 19.2. The summed E-state index contributed by atoms with van der Waals surface area (Å²) in [7, 11) is 0. The second-order valence-corrected chi connectivity index (χ2v) is 8.41. The fourth-order valence-corrected chi connectivity index (χ4v) is 4.41. The number of hydrogen-bond donors (Lipinski definition) is 0. The molecular formula is C27H21N6O3-. The average molecular weight is 478 g/mol. The fourth-order valence-electron chi connectivity index (χ4n) is 4.41. The summed E-state index contributed by atoms with van der Waals surface area (Å²) >= 11 is 0. The van der Waals surface area contributed by atoms with E-state index in [1.54, 1.807) is 16.9 Å². The monoisotopic (exact) mass is 477 g/mol. The molecule has 178 valence electrons. The number of imidazole rings is 1. The van der Waals surface area contributed by atoms with E-state index in [-0.39, 0.29) is 5.56 Å². The highest BCUT2D eigenvalue weighted by atomic mass is 16.5. The Labute approximate surface area is 206 Å². The molecule has 0 unspecified atom stereocenters. The van der Waals surface area contributed by atoms with Gasteiger partial charge in [0, 0.05) is 42.0 Å². The molecule has 1 aliphatic rings. The van der Waals surface area contributed by atoms with Crippen LogP contribution in [0.3, 0.4) is 0 Å². The number of fused-ring (bicyclic) bond motifs is 2. The van der Waals surface area contributed by atoms with Crippen molar-refractivity contribution < 1.29 is 14.6 Å². The highest BCUT2D eigenvalue weighted by Gasteiger charge is 2.21. The van der Waals surface area contributed by atoms with Gasteiger partial charge in [-0.05, 0) is 36.4 Å². The maximum atomic E-state index is 11.5. The van der Waals surface area contributed by atoms with Gasteiger partial charge in [0.25, 0.3) is 0 Å². The number of benzene rings is 1. The molecule has 36 heavy (non-hydrogen) atoms. The number of hydrogen-bond acceptors (Lipinski definition) is 8. The topological polar surface area (TPSA) is 109 Å². The Morgan fingerprint density at radius 1 is 1.00 bits per heavy atom. The fraction of sp³-hybridized carbons (Fsp3) is 0.148. The number of carboxylic acid groups (broad SMARTS) is 1. The van der Waals surface area contributed by atoms with Gasteiger partial charge in [-0.3, -0.25) is 4.98 Å². The highest BCUT2D eigenvalue weighted by Crippen LogP contribution is 2.31. The van der Waals surface area contributed by atoms with Gasteiger partial charge in [-0.1, -0.05) is 24.3 Å². The van der Waals surface area contributed by atoms with Crippen LogP contribution >= 0.6 is 0 Å².